The summed E-state index contributed by atoms with van der Waals surface area (Å²) in [6.45, 7) is 3.25. The van der Waals surface area contributed by atoms with Crippen molar-refractivity contribution in [3.05, 3.63) is 88.5 Å². The van der Waals surface area contributed by atoms with Gasteiger partial charge in [0, 0.05) is 12.0 Å². The molecule has 8 heteroatoms. The fourth-order valence-corrected chi connectivity index (χ4v) is 4.30. The highest BCUT2D eigenvalue weighted by molar-refractivity contribution is 7.89. The predicted octanol–water partition coefficient (Wildman–Crippen LogP) is 5.06. The number of Topliss-reactive ketones (excluding diaryl/α,β-unsaturated/α-hetero) is 1. The number of nitrogens with two attached hydrogens (primary N) is 1. The van der Waals surface area contributed by atoms with E-state index >= 15 is 0 Å². The van der Waals surface area contributed by atoms with Gasteiger partial charge in [0.15, 0.2) is 5.78 Å². The SMILES string of the molecule is Cc1cc(C(=O)Cc2ccc(S(N)(=O)=O)c(C)c2)ccc1-c1ccccc1C(F)(F)F. The van der Waals surface area contributed by atoms with Gasteiger partial charge in [-0.3, -0.25) is 4.79 Å². The lowest BCUT2D eigenvalue weighted by Gasteiger charge is -2.15. The molecule has 0 aliphatic carbocycles. The molecule has 0 spiro atoms. The molecule has 3 aromatic rings. The second-order valence-corrected chi connectivity index (χ2v) is 8.85. The zero-order valence-electron chi connectivity index (χ0n) is 16.8. The van der Waals surface area contributed by atoms with Crippen LogP contribution in [0.5, 0.6) is 0 Å². The van der Waals surface area contributed by atoms with E-state index in [-0.39, 0.29) is 22.7 Å². The number of benzene rings is 3. The van der Waals surface area contributed by atoms with Crippen molar-refractivity contribution in [2.24, 2.45) is 5.14 Å². The van der Waals surface area contributed by atoms with E-state index < -0.39 is 21.8 Å². The van der Waals surface area contributed by atoms with Gasteiger partial charge < -0.3 is 0 Å². The fraction of sp³-hybridized carbons (Fsp3) is 0.174. The zero-order chi connectivity index (χ0) is 23.0. The molecule has 0 bridgehead atoms. The van der Waals surface area contributed by atoms with Gasteiger partial charge >= 0.3 is 6.18 Å². The van der Waals surface area contributed by atoms with Gasteiger partial charge in [0.1, 0.15) is 0 Å². The Kier molecular flexibility index (Phi) is 6.07. The smallest absolute Gasteiger partial charge is 0.294 e. The molecule has 2 N–H and O–H groups in total. The first kappa shape index (κ1) is 22.7. The molecular weight excluding hydrogens is 427 g/mol. The van der Waals surface area contributed by atoms with E-state index in [9.17, 15) is 26.4 Å². The van der Waals surface area contributed by atoms with Crippen LogP contribution in [-0.4, -0.2) is 14.2 Å². The Hall–Kier alpha value is -2.97. The Balaban J connectivity index is 1.89. The standard InChI is InChI=1S/C23H20F3NO3S/c1-14-12-17(8-9-18(14)19-5-3-4-6-20(19)23(24,25)26)21(28)13-16-7-10-22(15(2)11-16)31(27,29)30/h3-12H,13H2,1-2H3,(H2,27,29,30). The van der Waals surface area contributed by atoms with Crippen molar-refractivity contribution in [3.63, 3.8) is 0 Å². The maximum atomic E-state index is 13.4. The van der Waals surface area contributed by atoms with Crippen molar-refractivity contribution in [1.82, 2.24) is 0 Å². The number of primary sulfonamides is 1. The molecule has 0 heterocycles. The van der Waals surface area contributed by atoms with Crippen LogP contribution in [-0.2, 0) is 22.6 Å². The van der Waals surface area contributed by atoms with Crippen molar-refractivity contribution in [1.29, 1.82) is 0 Å². The van der Waals surface area contributed by atoms with Crippen LogP contribution in [0.2, 0.25) is 0 Å². The molecule has 3 aromatic carbocycles. The number of hydrogen-bond donors (Lipinski definition) is 1. The average molecular weight is 447 g/mol. The van der Waals surface area contributed by atoms with Gasteiger partial charge in [0.2, 0.25) is 10.0 Å². The monoisotopic (exact) mass is 447 g/mol. The van der Waals surface area contributed by atoms with Crippen LogP contribution in [0.25, 0.3) is 11.1 Å². The van der Waals surface area contributed by atoms with E-state index in [0.717, 1.165) is 6.07 Å². The summed E-state index contributed by atoms with van der Waals surface area (Å²) in [4.78, 5) is 12.7. The topological polar surface area (TPSA) is 77.2 Å². The zero-order valence-corrected chi connectivity index (χ0v) is 17.6. The van der Waals surface area contributed by atoms with Gasteiger partial charge in [-0.25, -0.2) is 13.6 Å². The Morgan fingerprint density at radius 2 is 1.58 bits per heavy atom. The highest BCUT2D eigenvalue weighted by Crippen LogP contribution is 2.38. The highest BCUT2D eigenvalue weighted by atomic mass is 32.2. The summed E-state index contributed by atoms with van der Waals surface area (Å²) < 4.78 is 63.1. The lowest BCUT2D eigenvalue weighted by molar-refractivity contribution is -0.137. The molecule has 0 amide bonds. The number of carbonyl (C=O) groups is 1. The maximum Gasteiger partial charge on any atom is 0.417 e. The number of ketones is 1. The molecule has 0 aliphatic heterocycles. The van der Waals surface area contributed by atoms with Crippen molar-refractivity contribution in [2.75, 3.05) is 0 Å². The second kappa shape index (κ2) is 8.28. The molecule has 0 saturated carbocycles. The van der Waals surface area contributed by atoms with E-state index in [4.69, 9.17) is 5.14 Å². The predicted molar refractivity (Wildman–Crippen MR) is 112 cm³/mol. The van der Waals surface area contributed by atoms with Crippen LogP contribution in [0.3, 0.4) is 0 Å². The van der Waals surface area contributed by atoms with Gasteiger partial charge in [0.25, 0.3) is 0 Å². The van der Waals surface area contributed by atoms with Crippen LogP contribution in [0, 0.1) is 13.8 Å². The summed E-state index contributed by atoms with van der Waals surface area (Å²) in [5, 5.41) is 5.15. The van der Waals surface area contributed by atoms with E-state index in [2.05, 4.69) is 0 Å². The third-order valence-corrected chi connectivity index (χ3v) is 6.05. The maximum absolute atomic E-state index is 13.4. The van der Waals surface area contributed by atoms with Crippen LogP contribution < -0.4 is 5.14 Å². The molecule has 0 atom stereocenters. The quantitative estimate of drug-likeness (QED) is 0.555. The average Bonchev–Trinajstić information content (AvgIpc) is 2.66. The molecule has 162 valence electrons. The Labute approximate surface area is 178 Å². The molecule has 31 heavy (non-hydrogen) atoms. The number of hydrogen-bond acceptors (Lipinski definition) is 3. The summed E-state index contributed by atoms with van der Waals surface area (Å²) >= 11 is 0. The van der Waals surface area contributed by atoms with Gasteiger partial charge in [-0.2, -0.15) is 13.2 Å². The second-order valence-electron chi connectivity index (χ2n) is 7.32. The number of sulfonamides is 1. The summed E-state index contributed by atoms with van der Waals surface area (Å²) in [6.07, 6.45) is -4.47. The number of halogens is 3. The summed E-state index contributed by atoms with van der Waals surface area (Å²) in [5.41, 5.74) is 1.67. The van der Waals surface area contributed by atoms with Gasteiger partial charge in [-0.1, -0.05) is 42.5 Å². The Bertz CT molecular complexity index is 1270. The van der Waals surface area contributed by atoms with Crippen molar-refractivity contribution < 1.29 is 26.4 Å². The Morgan fingerprint density at radius 3 is 2.16 bits per heavy atom. The first-order valence-electron chi connectivity index (χ1n) is 9.30. The van der Waals surface area contributed by atoms with Crippen molar-refractivity contribution in [2.45, 2.75) is 31.3 Å². The summed E-state index contributed by atoms with van der Waals surface area (Å²) in [7, 11) is -3.85. The van der Waals surface area contributed by atoms with E-state index in [0.29, 0.717) is 27.8 Å². The van der Waals surface area contributed by atoms with Crippen LogP contribution in [0.15, 0.2) is 65.6 Å². The molecule has 0 unspecified atom stereocenters. The lowest BCUT2D eigenvalue weighted by Crippen LogP contribution is -2.14. The molecule has 4 nitrogen and oxygen atoms in total. The lowest BCUT2D eigenvalue weighted by atomic mass is 9.92. The molecule has 0 saturated heterocycles. The number of rotatable bonds is 5. The molecule has 3 rings (SSSR count). The highest BCUT2D eigenvalue weighted by Gasteiger charge is 2.33. The summed E-state index contributed by atoms with van der Waals surface area (Å²) in [6, 6.07) is 14.4. The Morgan fingerprint density at radius 1 is 0.903 bits per heavy atom. The molecule has 0 fully saturated rings. The van der Waals surface area contributed by atoms with Crippen LogP contribution >= 0.6 is 0 Å². The minimum absolute atomic E-state index is 0.00720. The first-order valence-corrected chi connectivity index (χ1v) is 10.9. The fourth-order valence-electron chi connectivity index (χ4n) is 3.53. The normalized spacial score (nSPS) is 12.1. The third kappa shape index (κ3) is 5.03. The van der Waals surface area contributed by atoms with E-state index in [1.807, 2.05) is 0 Å². The molecule has 0 aromatic heterocycles. The van der Waals surface area contributed by atoms with Crippen molar-refractivity contribution >= 4 is 15.8 Å². The number of carbonyl (C=O) groups excluding carboxylic acids is 1. The van der Waals surface area contributed by atoms with Crippen molar-refractivity contribution in [3.8, 4) is 11.1 Å². The number of alkyl halides is 3. The van der Waals surface area contributed by atoms with Crippen LogP contribution in [0.1, 0.15) is 32.6 Å². The minimum Gasteiger partial charge on any atom is -0.294 e. The molecule has 0 aliphatic rings. The first-order chi connectivity index (χ1) is 14.4. The van der Waals surface area contributed by atoms with E-state index in [1.54, 1.807) is 26.0 Å². The number of aryl methyl sites for hydroxylation is 2. The summed E-state index contributed by atoms with van der Waals surface area (Å²) in [5.74, 6) is -0.235. The largest absolute Gasteiger partial charge is 0.417 e. The molecular formula is C23H20F3NO3S. The minimum atomic E-state index is -4.49. The third-order valence-electron chi connectivity index (χ3n) is 4.98. The van der Waals surface area contributed by atoms with Crippen LogP contribution in [0.4, 0.5) is 13.2 Å². The van der Waals surface area contributed by atoms with Gasteiger partial charge in [0.05, 0.1) is 10.5 Å². The van der Waals surface area contributed by atoms with E-state index in [1.165, 1.54) is 42.5 Å². The van der Waals surface area contributed by atoms with Gasteiger partial charge in [-0.15, -0.1) is 0 Å². The van der Waals surface area contributed by atoms with Gasteiger partial charge in [-0.05, 0) is 59.9 Å². The molecule has 0 radical (unpaired) electrons.